The van der Waals surface area contributed by atoms with Crippen LogP contribution in [0.4, 0.5) is 5.69 Å². The number of hydrogen-bond donors (Lipinski definition) is 2. The number of piperidine rings is 1. The minimum Gasteiger partial charge on any atom is -0.427 e. The number of likely N-dealkylation sites (tertiary alicyclic amines) is 1. The number of benzene rings is 1. The highest BCUT2D eigenvalue weighted by molar-refractivity contribution is 6.04. The summed E-state index contributed by atoms with van der Waals surface area (Å²) in [5, 5.41) is 6.20. The first kappa shape index (κ1) is 19.9. The van der Waals surface area contributed by atoms with Gasteiger partial charge in [-0.1, -0.05) is 12.1 Å². The number of aryl methyl sites for hydroxylation is 1. The molecule has 3 heterocycles. The predicted molar refractivity (Wildman–Crippen MR) is 113 cm³/mol. The molecular weight excluding hydrogens is 366 g/mol. The lowest BCUT2D eigenvalue weighted by Crippen LogP contribution is -2.30. The molecule has 2 N–H and O–H groups in total. The maximum Gasteiger partial charge on any atom is 0.349 e. The summed E-state index contributed by atoms with van der Waals surface area (Å²) < 4.78 is 5.54. The molecule has 2 fully saturated rings. The third kappa shape index (κ3) is 4.77. The molecule has 0 aliphatic carbocycles. The van der Waals surface area contributed by atoms with Crippen LogP contribution in [0.2, 0.25) is 0 Å². The molecule has 6 nitrogen and oxygen atoms in total. The van der Waals surface area contributed by atoms with Crippen LogP contribution in [0.5, 0.6) is 0 Å². The summed E-state index contributed by atoms with van der Waals surface area (Å²) in [6, 6.07) is 9.69. The Morgan fingerprint density at radius 2 is 2.07 bits per heavy atom. The van der Waals surface area contributed by atoms with E-state index in [1.165, 1.54) is 12.8 Å². The highest BCUT2D eigenvalue weighted by Crippen LogP contribution is 2.24. The molecule has 154 valence electrons. The van der Waals surface area contributed by atoms with Gasteiger partial charge in [-0.2, -0.15) is 0 Å². The lowest BCUT2D eigenvalue weighted by atomic mass is 9.95. The first-order chi connectivity index (χ1) is 14.1. The fraction of sp³-hybridized carbons (Fsp3) is 0.478. The Morgan fingerprint density at radius 3 is 2.79 bits per heavy atom. The molecule has 2 aliphatic rings. The molecular formula is C23H29N3O3. The minimum absolute atomic E-state index is 0.0856. The van der Waals surface area contributed by atoms with Crippen molar-refractivity contribution in [3.05, 3.63) is 63.2 Å². The largest absolute Gasteiger partial charge is 0.427 e. The molecule has 4 rings (SSSR count). The number of carbonyl (C=O) groups is 1. The Bertz CT molecular complexity index is 925. The van der Waals surface area contributed by atoms with Crippen molar-refractivity contribution in [3.63, 3.8) is 0 Å². The zero-order valence-corrected chi connectivity index (χ0v) is 17.0. The Hall–Kier alpha value is -2.44. The summed E-state index contributed by atoms with van der Waals surface area (Å²) >= 11 is 0. The zero-order valence-electron chi connectivity index (χ0n) is 17.0. The number of hydrogen-bond acceptors (Lipinski definition) is 5. The molecule has 2 aromatic rings. The van der Waals surface area contributed by atoms with E-state index in [2.05, 4.69) is 21.6 Å². The van der Waals surface area contributed by atoms with E-state index in [1.807, 2.05) is 24.3 Å². The zero-order chi connectivity index (χ0) is 20.2. The first-order valence-corrected chi connectivity index (χ1v) is 10.6. The quantitative estimate of drug-likeness (QED) is 0.813. The van der Waals surface area contributed by atoms with E-state index < -0.39 is 11.5 Å². The third-order valence-corrected chi connectivity index (χ3v) is 5.88. The van der Waals surface area contributed by atoms with Gasteiger partial charge in [0.05, 0.1) is 0 Å². The van der Waals surface area contributed by atoms with Gasteiger partial charge in [-0.15, -0.1) is 0 Å². The molecule has 29 heavy (non-hydrogen) atoms. The Labute approximate surface area is 171 Å². The number of amides is 1. The smallest absolute Gasteiger partial charge is 0.349 e. The van der Waals surface area contributed by atoms with Crippen molar-refractivity contribution in [2.45, 2.75) is 45.1 Å². The van der Waals surface area contributed by atoms with Crippen molar-refractivity contribution in [2.75, 3.05) is 31.5 Å². The molecule has 2 aliphatic heterocycles. The van der Waals surface area contributed by atoms with Gasteiger partial charge >= 0.3 is 5.63 Å². The topological polar surface area (TPSA) is 74.6 Å². The van der Waals surface area contributed by atoms with E-state index in [4.69, 9.17) is 4.42 Å². The number of rotatable bonds is 5. The average Bonchev–Trinajstić information content (AvgIpc) is 3.21. The summed E-state index contributed by atoms with van der Waals surface area (Å²) in [4.78, 5) is 27.8. The van der Waals surface area contributed by atoms with Crippen molar-refractivity contribution in [1.82, 2.24) is 10.2 Å². The van der Waals surface area contributed by atoms with Crippen LogP contribution in [-0.2, 0) is 6.54 Å². The normalized spacial score (nSPS) is 20.0. The highest BCUT2D eigenvalue weighted by Gasteiger charge is 2.22. The van der Waals surface area contributed by atoms with Crippen LogP contribution < -0.4 is 16.3 Å². The van der Waals surface area contributed by atoms with E-state index in [9.17, 15) is 9.59 Å². The van der Waals surface area contributed by atoms with Gasteiger partial charge in [0.2, 0.25) is 0 Å². The van der Waals surface area contributed by atoms with Crippen LogP contribution in [0.15, 0.2) is 39.5 Å². The SMILES string of the molecule is Cc1cc(C2CCCNC2)oc(=O)c1C(=O)Nc1cccc(CN2CCCC2)c1. The van der Waals surface area contributed by atoms with Gasteiger partial charge in [0.15, 0.2) is 0 Å². The molecule has 1 aromatic heterocycles. The van der Waals surface area contributed by atoms with Crippen LogP contribution in [0.1, 0.15) is 58.8 Å². The predicted octanol–water partition coefficient (Wildman–Crippen LogP) is 3.26. The summed E-state index contributed by atoms with van der Waals surface area (Å²) in [7, 11) is 0. The second kappa shape index (κ2) is 8.93. The third-order valence-electron chi connectivity index (χ3n) is 5.88. The fourth-order valence-corrected chi connectivity index (χ4v) is 4.34. The van der Waals surface area contributed by atoms with Crippen molar-refractivity contribution in [2.24, 2.45) is 0 Å². The molecule has 2 saturated heterocycles. The minimum atomic E-state index is -0.559. The van der Waals surface area contributed by atoms with Crippen LogP contribution in [0.25, 0.3) is 0 Å². The van der Waals surface area contributed by atoms with Crippen LogP contribution in [-0.4, -0.2) is 37.0 Å². The maximum atomic E-state index is 12.8. The van der Waals surface area contributed by atoms with E-state index in [-0.39, 0.29) is 11.5 Å². The number of carbonyl (C=O) groups excluding carboxylic acids is 1. The molecule has 1 unspecified atom stereocenters. The molecule has 1 amide bonds. The van der Waals surface area contributed by atoms with Gasteiger partial charge in [0, 0.05) is 24.7 Å². The van der Waals surface area contributed by atoms with Crippen LogP contribution in [0, 0.1) is 6.92 Å². The molecule has 6 heteroatoms. The average molecular weight is 396 g/mol. The van der Waals surface area contributed by atoms with Gasteiger partial charge in [0.1, 0.15) is 11.3 Å². The summed E-state index contributed by atoms with van der Waals surface area (Å²) in [6.07, 6.45) is 4.55. The van der Waals surface area contributed by atoms with Crippen molar-refractivity contribution < 1.29 is 9.21 Å². The Morgan fingerprint density at radius 1 is 1.24 bits per heavy atom. The maximum absolute atomic E-state index is 12.8. The molecule has 0 radical (unpaired) electrons. The summed E-state index contributed by atoms with van der Waals surface area (Å²) in [5.41, 5.74) is 2.05. The summed E-state index contributed by atoms with van der Waals surface area (Å²) in [6.45, 7) is 6.73. The van der Waals surface area contributed by atoms with E-state index >= 15 is 0 Å². The van der Waals surface area contributed by atoms with Gasteiger partial charge in [-0.3, -0.25) is 9.69 Å². The van der Waals surface area contributed by atoms with Crippen molar-refractivity contribution in [3.8, 4) is 0 Å². The standard InChI is InChI=1S/C23H29N3O3/c1-16-12-20(18-7-5-9-24-14-18)29-23(28)21(16)22(27)25-19-8-4-6-17(13-19)15-26-10-2-3-11-26/h4,6,8,12-13,18,24H,2-3,5,7,9-11,14-15H2,1H3,(H,25,27). The number of anilines is 1. The Kier molecular flexibility index (Phi) is 6.11. The first-order valence-electron chi connectivity index (χ1n) is 10.6. The second-order valence-corrected chi connectivity index (χ2v) is 8.18. The lowest BCUT2D eigenvalue weighted by Gasteiger charge is -2.22. The van der Waals surface area contributed by atoms with E-state index in [1.54, 1.807) is 6.92 Å². The second-order valence-electron chi connectivity index (χ2n) is 8.18. The monoisotopic (exact) mass is 395 g/mol. The van der Waals surface area contributed by atoms with Crippen molar-refractivity contribution >= 4 is 11.6 Å². The molecule has 1 aromatic carbocycles. The van der Waals surface area contributed by atoms with Crippen molar-refractivity contribution in [1.29, 1.82) is 0 Å². The van der Waals surface area contributed by atoms with Gasteiger partial charge in [-0.25, -0.2) is 4.79 Å². The van der Waals surface area contributed by atoms with E-state index in [0.717, 1.165) is 51.1 Å². The highest BCUT2D eigenvalue weighted by atomic mass is 16.4. The fourth-order valence-electron chi connectivity index (χ4n) is 4.34. The van der Waals surface area contributed by atoms with Crippen LogP contribution >= 0.6 is 0 Å². The van der Waals surface area contributed by atoms with Crippen LogP contribution in [0.3, 0.4) is 0 Å². The molecule has 0 spiro atoms. The van der Waals surface area contributed by atoms with Gasteiger partial charge in [-0.05, 0) is 81.6 Å². The molecule has 0 saturated carbocycles. The molecule has 1 atom stereocenters. The summed E-state index contributed by atoms with van der Waals surface area (Å²) in [5.74, 6) is 0.446. The lowest BCUT2D eigenvalue weighted by molar-refractivity contribution is 0.102. The van der Waals surface area contributed by atoms with Gasteiger partial charge in [0.25, 0.3) is 5.91 Å². The Balaban J connectivity index is 1.48. The number of nitrogens with zero attached hydrogens (tertiary/aromatic N) is 1. The van der Waals surface area contributed by atoms with E-state index in [0.29, 0.717) is 17.0 Å². The molecule has 0 bridgehead atoms. The van der Waals surface area contributed by atoms with Gasteiger partial charge < -0.3 is 15.1 Å². The number of nitrogens with one attached hydrogen (secondary N) is 2.